The van der Waals surface area contributed by atoms with Crippen molar-refractivity contribution >= 4 is 12.0 Å². The highest BCUT2D eigenvalue weighted by atomic mass is 19.1. The summed E-state index contributed by atoms with van der Waals surface area (Å²) >= 11 is 0. The minimum atomic E-state index is -0.690. The van der Waals surface area contributed by atoms with E-state index in [-0.39, 0.29) is 24.6 Å². The summed E-state index contributed by atoms with van der Waals surface area (Å²) in [5.74, 6) is -0.437. The fourth-order valence-corrected chi connectivity index (χ4v) is 3.42. The second-order valence-electron chi connectivity index (χ2n) is 7.51. The number of carbonyl (C=O) groups is 1. The van der Waals surface area contributed by atoms with Crippen LogP contribution < -0.4 is 4.74 Å². The number of para-hydroxylation sites is 1. The maximum absolute atomic E-state index is 13.9. The average molecular weight is 468 g/mol. The Kier molecular flexibility index (Phi) is 7.34. The second-order valence-corrected chi connectivity index (χ2v) is 7.51. The van der Waals surface area contributed by atoms with Gasteiger partial charge in [0, 0.05) is 22.9 Å². The molecule has 0 aliphatic heterocycles. The molecule has 0 bridgehead atoms. The molecule has 0 fully saturated rings. The van der Waals surface area contributed by atoms with Gasteiger partial charge in [0.25, 0.3) is 0 Å². The molecule has 3 aromatic carbocycles. The summed E-state index contributed by atoms with van der Waals surface area (Å²) in [5.41, 5.74) is 3.09. The van der Waals surface area contributed by atoms with Crippen LogP contribution in [0.3, 0.4) is 0 Å². The lowest BCUT2D eigenvalue weighted by Gasteiger charge is -2.08. The van der Waals surface area contributed by atoms with Gasteiger partial charge in [-0.05, 0) is 55.5 Å². The molecule has 0 saturated heterocycles. The molecule has 0 N–H and O–H groups in total. The molecular weight excluding hydrogens is 445 g/mol. The summed E-state index contributed by atoms with van der Waals surface area (Å²) in [6.07, 6.45) is 3.23. The number of halogens is 1. The molecule has 174 valence electrons. The van der Waals surface area contributed by atoms with Crippen molar-refractivity contribution in [2.24, 2.45) is 0 Å². The Labute approximate surface area is 202 Å². The first-order chi connectivity index (χ1) is 17.1. The Hall–Kier alpha value is -4.70. The number of benzene rings is 3. The fraction of sp³-hybridized carbons (Fsp3) is 0.107. The monoisotopic (exact) mass is 467 g/mol. The van der Waals surface area contributed by atoms with Gasteiger partial charge in [0.05, 0.1) is 18.0 Å². The van der Waals surface area contributed by atoms with Crippen molar-refractivity contribution < 1.29 is 18.7 Å². The highest BCUT2D eigenvalue weighted by Crippen LogP contribution is 2.28. The summed E-state index contributed by atoms with van der Waals surface area (Å²) in [6.45, 7) is 1.96. The van der Waals surface area contributed by atoms with Crippen molar-refractivity contribution in [3.8, 4) is 28.8 Å². The van der Waals surface area contributed by atoms with E-state index >= 15 is 0 Å². The normalized spacial score (nSPS) is 11.1. The average Bonchev–Trinajstić information content (AvgIpc) is 3.31. The van der Waals surface area contributed by atoms with Crippen molar-refractivity contribution in [3.63, 3.8) is 0 Å². The van der Waals surface area contributed by atoms with Crippen molar-refractivity contribution in [2.75, 3.05) is 6.61 Å². The molecule has 6 nitrogen and oxygen atoms in total. The van der Waals surface area contributed by atoms with Gasteiger partial charge in [-0.25, -0.2) is 13.9 Å². The summed E-state index contributed by atoms with van der Waals surface area (Å²) < 4.78 is 26.3. The van der Waals surface area contributed by atoms with Gasteiger partial charge in [-0.15, -0.1) is 0 Å². The van der Waals surface area contributed by atoms with Crippen molar-refractivity contribution in [2.45, 2.75) is 13.5 Å². The van der Waals surface area contributed by atoms with Gasteiger partial charge in [0.1, 0.15) is 29.8 Å². The summed E-state index contributed by atoms with van der Waals surface area (Å²) in [5, 5.41) is 14.2. The number of hydrogen-bond acceptors (Lipinski definition) is 5. The minimum Gasteiger partial charge on any atom is -0.489 e. The van der Waals surface area contributed by atoms with Gasteiger partial charge in [0.2, 0.25) is 0 Å². The van der Waals surface area contributed by atoms with E-state index in [1.54, 1.807) is 48.1 Å². The van der Waals surface area contributed by atoms with Gasteiger partial charge in [-0.2, -0.15) is 10.4 Å². The molecule has 0 atom stereocenters. The van der Waals surface area contributed by atoms with Crippen LogP contribution in [0.25, 0.3) is 23.0 Å². The molecule has 0 unspecified atom stereocenters. The maximum Gasteiger partial charge on any atom is 0.348 e. The Balaban J connectivity index is 1.66. The van der Waals surface area contributed by atoms with Gasteiger partial charge in [-0.1, -0.05) is 36.4 Å². The molecule has 1 heterocycles. The third-order valence-corrected chi connectivity index (χ3v) is 5.16. The number of hydrogen-bond donors (Lipinski definition) is 0. The predicted octanol–water partition coefficient (Wildman–Crippen LogP) is 5.73. The molecule has 4 rings (SSSR count). The molecular formula is C28H22FN3O3. The van der Waals surface area contributed by atoms with Crippen molar-refractivity contribution in [1.82, 2.24) is 9.78 Å². The predicted molar refractivity (Wildman–Crippen MR) is 130 cm³/mol. The smallest absolute Gasteiger partial charge is 0.348 e. The summed E-state index contributed by atoms with van der Waals surface area (Å²) in [7, 11) is 0. The first-order valence-electron chi connectivity index (χ1n) is 11.0. The molecule has 35 heavy (non-hydrogen) atoms. The van der Waals surface area contributed by atoms with E-state index in [1.165, 1.54) is 12.1 Å². The molecule has 7 heteroatoms. The zero-order valence-corrected chi connectivity index (χ0v) is 19.0. The van der Waals surface area contributed by atoms with Crippen LogP contribution in [-0.4, -0.2) is 22.4 Å². The van der Waals surface area contributed by atoms with Crippen LogP contribution in [0.15, 0.2) is 90.6 Å². The maximum atomic E-state index is 13.9. The third-order valence-electron chi connectivity index (χ3n) is 5.16. The molecule has 0 amide bonds. The van der Waals surface area contributed by atoms with Crippen LogP contribution in [0.5, 0.6) is 5.75 Å². The third kappa shape index (κ3) is 5.63. The Morgan fingerprint density at radius 2 is 1.77 bits per heavy atom. The van der Waals surface area contributed by atoms with E-state index in [1.807, 2.05) is 48.5 Å². The number of esters is 1. The van der Waals surface area contributed by atoms with E-state index in [9.17, 15) is 14.4 Å². The quantitative estimate of drug-likeness (QED) is 0.188. The second kappa shape index (κ2) is 10.9. The molecule has 0 spiro atoms. The van der Waals surface area contributed by atoms with Crippen LogP contribution in [0.2, 0.25) is 0 Å². The number of ether oxygens (including phenoxy) is 2. The number of rotatable bonds is 8. The van der Waals surface area contributed by atoms with Gasteiger partial charge >= 0.3 is 5.97 Å². The van der Waals surface area contributed by atoms with Crippen LogP contribution in [0, 0.1) is 17.1 Å². The number of nitrogens with zero attached hydrogens (tertiary/aromatic N) is 3. The van der Waals surface area contributed by atoms with E-state index in [2.05, 4.69) is 0 Å². The first kappa shape index (κ1) is 23.5. The Morgan fingerprint density at radius 3 is 2.46 bits per heavy atom. The van der Waals surface area contributed by atoms with Crippen molar-refractivity contribution in [1.29, 1.82) is 5.26 Å². The number of aromatic nitrogens is 2. The highest BCUT2D eigenvalue weighted by molar-refractivity contribution is 5.98. The molecule has 4 aromatic rings. The van der Waals surface area contributed by atoms with E-state index in [0.717, 1.165) is 11.3 Å². The molecule has 1 aromatic heterocycles. The highest BCUT2D eigenvalue weighted by Gasteiger charge is 2.16. The molecule has 0 aliphatic carbocycles. The van der Waals surface area contributed by atoms with Crippen LogP contribution >= 0.6 is 0 Å². The SMILES string of the molecule is CCOC(=O)/C(C#N)=C\c1cn(-c2ccccc2)nc1-c1ccc(OCc2ccccc2F)cc1. The van der Waals surface area contributed by atoms with Crippen molar-refractivity contribution in [3.05, 3.63) is 108 Å². The Bertz CT molecular complexity index is 1390. The number of carbonyl (C=O) groups excluding carboxylic acids is 1. The molecule has 0 saturated carbocycles. The standard InChI is InChI=1S/C28H22FN3O3/c1-2-34-28(33)22(17-30)16-23-18-32(24-9-4-3-5-10-24)31-27(23)20-12-14-25(15-13-20)35-19-21-8-6-7-11-26(21)29/h3-16,18H,2,19H2,1H3/b22-16-. The minimum absolute atomic E-state index is 0.105. The summed E-state index contributed by atoms with van der Waals surface area (Å²) in [4.78, 5) is 12.2. The van der Waals surface area contributed by atoms with E-state index in [4.69, 9.17) is 14.6 Å². The Morgan fingerprint density at radius 1 is 1.06 bits per heavy atom. The first-order valence-corrected chi connectivity index (χ1v) is 11.0. The van der Waals surface area contributed by atoms with Gasteiger partial charge in [0.15, 0.2) is 0 Å². The number of nitriles is 1. The zero-order valence-electron chi connectivity index (χ0n) is 19.0. The van der Waals surface area contributed by atoms with Gasteiger partial charge < -0.3 is 9.47 Å². The zero-order chi connectivity index (χ0) is 24.6. The van der Waals surface area contributed by atoms with E-state index in [0.29, 0.717) is 22.6 Å². The van der Waals surface area contributed by atoms with Crippen LogP contribution in [0.4, 0.5) is 4.39 Å². The van der Waals surface area contributed by atoms with E-state index < -0.39 is 5.97 Å². The topological polar surface area (TPSA) is 77.1 Å². The van der Waals surface area contributed by atoms with Gasteiger partial charge in [-0.3, -0.25) is 0 Å². The van der Waals surface area contributed by atoms with Crippen LogP contribution in [-0.2, 0) is 16.1 Å². The largest absolute Gasteiger partial charge is 0.489 e. The van der Waals surface area contributed by atoms with Crippen LogP contribution in [0.1, 0.15) is 18.1 Å². The molecule has 0 aliphatic rings. The summed E-state index contributed by atoms with van der Waals surface area (Å²) in [6, 6.07) is 25.0. The lowest BCUT2D eigenvalue weighted by Crippen LogP contribution is -2.06. The lowest BCUT2D eigenvalue weighted by molar-refractivity contribution is -0.137. The lowest BCUT2D eigenvalue weighted by atomic mass is 10.1. The fourth-order valence-electron chi connectivity index (χ4n) is 3.42. The molecule has 0 radical (unpaired) electrons.